The molecule has 1 aromatic rings. The Morgan fingerprint density at radius 2 is 2.05 bits per heavy atom. The smallest absolute Gasteiger partial charge is 0.245 e. The van der Waals surface area contributed by atoms with Crippen LogP contribution in [0.15, 0.2) is 24.5 Å². The van der Waals surface area contributed by atoms with E-state index in [4.69, 9.17) is 0 Å². The second-order valence-corrected chi connectivity index (χ2v) is 6.98. The third-order valence-electron chi connectivity index (χ3n) is 3.88. The number of carbonyl (C=O) groups is 1. The van der Waals surface area contributed by atoms with Crippen LogP contribution in [-0.2, 0) is 4.79 Å². The molecule has 1 aliphatic rings. The molecule has 0 bridgehead atoms. The van der Waals surface area contributed by atoms with Crippen LogP contribution >= 0.6 is 0 Å². The highest BCUT2D eigenvalue weighted by molar-refractivity contribution is 5.90. The summed E-state index contributed by atoms with van der Waals surface area (Å²) in [5.74, 6) is 0.127. The first-order valence-corrected chi connectivity index (χ1v) is 7.29. The van der Waals surface area contributed by atoms with E-state index in [-0.39, 0.29) is 11.3 Å². The fraction of sp³-hybridized carbons (Fsp3) is 0.625. The number of carbonyl (C=O) groups excluding carboxylic acids is 1. The molecule has 1 aromatic heterocycles. The van der Waals surface area contributed by atoms with Crippen LogP contribution in [0.25, 0.3) is 0 Å². The van der Waals surface area contributed by atoms with E-state index in [1.807, 2.05) is 19.1 Å². The van der Waals surface area contributed by atoms with Crippen molar-refractivity contribution < 1.29 is 4.79 Å². The summed E-state index contributed by atoms with van der Waals surface area (Å²) in [6.45, 7) is 10.0. The first kappa shape index (κ1) is 14.8. The molecule has 2 rings (SSSR count). The third-order valence-corrected chi connectivity index (χ3v) is 3.88. The lowest BCUT2D eigenvalue weighted by Gasteiger charge is -2.36. The Hall–Kier alpha value is -1.58. The number of hydrogen-bond donors (Lipinski definition) is 1. The zero-order valence-electron chi connectivity index (χ0n) is 12.9. The van der Waals surface area contributed by atoms with Gasteiger partial charge in [-0.25, -0.2) is 0 Å². The van der Waals surface area contributed by atoms with E-state index < -0.39 is 5.54 Å². The van der Waals surface area contributed by atoms with Gasteiger partial charge >= 0.3 is 0 Å². The summed E-state index contributed by atoms with van der Waals surface area (Å²) in [5, 5.41) is 3.11. The second-order valence-electron chi connectivity index (χ2n) is 6.98. The van der Waals surface area contributed by atoms with Gasteiger partial charge in [0, 0.05) is 31.2 Å². The molecule has 1 amide bonds. The van der Waals surface area contributed by atoms with Crippen molar-refractivity contribution in [3.63, 3.8) is 0 Å². The van der Waals surface area contributed by atoms with Crippen molar-refractivity contribution in [3.8, 4) is 0 Å². The molecule has 0 unspecified atom stereocenters. The van der Waals surface area contributed by atoms with Gasteiger partial charge in [0.05, 0.1) is 0 Å². The van der Waals surface area contributed by atoms with Crippen molar-refractivity contribution in [2.45, 2.75) is 46.1 Å². The van der Waals surface area contributed by atoms with Crippen molar-refractivity contribution in [2.24, 2.45) is 5.41 Å². The molecule has 0 aliphatic carbocycles. The van der Waals surface area contributed by atoms with Crippen molar-refractivity contribution >= 4 is 11.6 Å². The largest absolute Gasteiger partial charge is 0.357 e. The lowest BCUT2D eigenvalue weighted by atomic mass is 9.94. The maximum Gasteiger partial charge on any atom is 0.245 e. The molecule has 0 aromatic carbocycles. The normalized spacial score (nSPS) is 22.9. The Bertz CT molecular complexity index is 466. The van der Waals surface area contributed by atoms with Crippen molar-refractivity contribution in [1.82, 2.24) is 10.3 Å². The Morgan fingerprint density at radius 1 is 1.40 bits per heavy atom. The average Bonchev–Trinajstić information content (AvgIpc) is 2.79. The van der Waals surface area contributed by atoms with Crippen LogP contribution in [0, 0.1) is 5.41 Å². The molecule has 4 nitrogen and oxygen atoms in total. The zero-order valence-corrected chi connectivity index (χ0v) is 12.9. The van der Waals surface area contributed by atoms with Crippen LogP contribution in [0.3, 0.4) is 0 Å². The first-order valence-electron chi connectivity index (χ1n) is 7.29. The Balaban J connectivity index is 2.13. The van der Waals surface area contributed by atoms with E-state index in [0.29, 0.717) is 6.54 Å². The fourth-order valence-corrected chi connectivity index (χ4v) is 2.67. The van der Waals surface area contributed by atoms with E-state index in [0.717, 1.165) is 25.1 Å². The lowest BCUT2D eigenvalue weighted by Crippen LogP contribution is -2.54. The van der Waals surface area contributed by atoms with E-state index in [1.54, 1.807) is 12.4 Å². The van der Waals surface area contributed by atoms with Gasteiger partial charge in [-0.15, -0.1) is 0 Å². The maximum absolute atomic E-state index is 12.6. The van der Waals surface area contributed by atoms with Crippen LogP contribution < -0.4 is 10.2 Å². The summed E-state index contributed by atoms with van der Waals surface area (Å²) in [5.41, 5.74) is 0.726. The Morgan fingerprint density at radius 3 is 2.65 bits per heavy atom. The summed E-state index contributed by atoms with van der Waals surface area (Å²) in [6, 6.07) is 3.95. The van der Waals surface area contributed by atoms with E-state index >= 15 is 0 Å². The summed E-state index contributed by atoms with van der Waals surface area (Å²) < 4.78 is 0. The van der Waals surface area contributed by atoms with Gasteiger partial charge in [0.25, 0.3) is 0 Å². The predicted molar refractivity (Wildman–Crippen MR) is 81.7 cm³/mol. The summed E-state index contributed by atoms with van der Waals surface area (Å²) in [6.07, 6.45) is 5.50. The fourth-order valence-electron chi connectivity index (χ4n) is 2.67. The highest BCUT2D eigenvalue weighted by Gasteiger charge is 2.43. The molecule has 2 heterocycles. The number of rotatable bonds is 3. The van der Waals surface area contributed by atoms with Crippen LogP contribution in [-0.4, -0.2) is 29.5 Å². The van der Waals surface area contributed by atoms with Crippen molar-refractivity contribution in [1.29, 1.82) is 0 Å². The zero-order chi connectivity index (χ0) is 14.8. The minimum absolute atomic E-state index is 0.103. The van der Waals surface area contributed by atoms with Crippen LogP contribution in [0.2, 0.25) is 0 Å². The Labute approximate surface area is 121 Å². The third kappa shape index (κ3) is 3.11. The monoisotopic (exact) mass is 275 g/mol. The molecule has 0 radical (unpaired) electrons. The molecule has 4 heteroatoms. The highest BCUT2D eigenvalue weighted by atomic mass is 16.2. The number of nitrogens with zero attached hydrogens (tertiary/aromatic N) is 2. The Kier molecular flexibility index (Phi) is 4.02. The number of hydrogen-bond acceptors (Lipinski definition) is 3. The number of pyridine rings is 1. The molecule has 1 N–H and O–H groups in total. The lowest BCUT2D eigenvalue weighted by molar-refractivity contribution is -0.126. The van der Waals surface area contributed by atoms with Gasteiger partial charge in [0.2, 0.25) is 5.91 Å². The average molecular weight is 275 g/mol. The van der Waals surface area contributed by atoms with Gasteiger partial charge in [-0.3, -0.25) is 9.78 Å². The molecule has 110 valence electrons. The SMILES string of the molecule is CC(C)(C)CNC(=O)[C@]1(C)CCCN1c1ccncc1. The molecule has 0 spiro atoms. The number of nitrogens with one attached hydrogen (secondary N) is 1. The van der Waals surface area contributed by atoms with Crippen molar-refractivity contribution in [3.05, 3.63) is 24.5 Å². The molecule has 1 atom stereocenters. The molecule has 0 saturated carbocycles. The maximum atomic E-state index is 12.6. The van der Waals surface area contributed by atoms with Gasteiger partial charge in [-0.1, -0.05) is 20.8 Å². The molecular formula is C16H25N3O. The second kappa shape index (κ2) is 5.43. The van der Waals surface area contributed by atoms with Gasteiger partial charge in [0.1, 0.15) is 5.54 Å². The van der Waals surface area contributed by atoms with Gasteiger partial charge in [-0.2, -0.15) is 0 Å². The highest BCUT2D eigenvalue weighted by Crippen LogP contribution is 2.34. The molecule has 1 aliphatic heterocycles. The summed E-state index contributed by atoms with van der Waals surface area (Å²) in [4.78, 5) is 18.9. The quantitative estimate of drug-likeness (QED) is 0.922. The molecule has 1 saturated heterocycles. The van der Waals surface area contributed by atoms with Crippen LogP contribution in [0.5, 0.6) is 0 Å². The predicted octanol–water partition coefficient (Wildman–Crippen LogP) is 2.60. The standard InChI is InChI=1S/C16H25N3O/c1-15(2,3)12-18-14(20)16(4)8-5-11-19(16)13-6-9-17-10-7-13/h6-7,9-10H,5,8,11-12H2,1-4H3,(H,18,20)/t16-/m0/s1. The molecule has 1 fully saturated rings. The minimum atomic E-state index is -0.452. The summed E-state index contributed by atoms with van der Waals surface area (Å²) in [7, 11) is 0. The van der Waals surface area contributed by atoms with Crippen molar-refractivity contribution in [2.75, 3.05) is 18.0 Å². The van der Waals surface area contributed by atoms with E-state index in [9.17, 15) is 4.79 Å². The van der Waals surface area contributed by atoms with Gasteiger partial charge < -0.3 is 10.2 Å². The van der Waals surface area contributed by atoms with Gasteiger partial charge in [-0.05, 0) is 37.3 Å². The topological polar surface area (TPSA) is 45.2 Å². The van der Waals surface area contributed by atoms with E-state index in [2.05, 4.69) is 36.0 Å². The number of amides is 1. The van der Waals surface area contributed by atoms with Gasteiger partial charge in [0.15, 0.2) is 0 Å². The number of anilines is 1. The molecule has 20 heavy (non-hydrogen) atoms. The number of aromatic nitrogens is 1. The van der Waals surface area contributed by atoms with Crippen LogP contribution in [0.4, 0.5) is 5.69 Å². The van der Waals surface area contributed by atoms with E-state index in [1.165, 1.54) is 0 Å². The first-order chi connectivity index (χ1) is 9.33. The minimum Gasteiger partial charge on any atom is -0.357 e. The van der Waals surface area contributed by atoms with Crippen LogP contribution in [0.1, 0.15) is 40.5 Å². The molecular weight excluding hydrogens is 250 g/mol. The summed E-state index contributed by atoms with van der Waals surface area (Å²) >= 11 is 0.